The largest absolute Gasteiger partial charge is 0.457 e. The Kier molecular flexibility index (Phi) is 7.44. The van der Waals surface area contributed by atoms with Crippen LogP contribution >= 0.6 is 11.8 Å². The third-order valence-electron chi connectivity index (χ3n) is 3.80. The van der Waals surface area contributed by atoms with Crippen molar-refractivity contribution >= 4 is 17.7 Å². The minimum Gasteiger partial charge on any atom is -0.457 e. The number of nitrogens with two attached hydrogens (primary N) is 1. The lowest BCUT2D eigenvalue weighted by molar-refractivity contribution is 0.0999. The Labute approximate surface area is 164 Å². The van der Waals surface area contributed by atoms with Crippen molar-refractivity contribution in [1.82, 2.24) is 4.98 Å². The molecule has 1 aromatic heterocycles. The first kappa shape index (κ1) is 20.5. The van der Waals surface area contributed by atoms with Gasteiger partial charge >= 0.3 is 0 Å². The monoisotopic (exact) mass is 380 g/mol. The van der Waals surface area contributed by atoms with Gasteiger partial charge in [0.1, 0.15) is 11.5 Å². The van der Waals surface area contributed by atoms with Gasteiger partial charge in [-0.05, 0) is 55.1 Å². The summed E-state index contributed by atoms with van der Waals surface area (Å²) in [5.41, 5.74) is 8.39. The molecule has 0 unspecified atom stereocenters. The number of nitrogens with zero attached hydrogens (tertiary/aromatic N) is 1. The van der Waals surface area contributed by atoms with Crippen LogP contribution in [0.4, 0.5) is 0 Å². The number of aromatic nitrogens is 1. The average Bonchev–Trinajstić information content (AvgIpc) is 2.69. The van der Waals surface area contributed by atoms with Crippen molar-refractivity contribution in [2.75, 3.05) is 6.26 Å². The van der Waals surface area contributed by atoms with E-state index < -0.39 is 5.91 Å². The molecule has 2 N–H and O–H groups in total. The van der Waals surface area contributed by atoms with Gasteiger partial charge in [-0.1, -0.05) is 26.0 Å². The Balaban J connectivity index is 0.00000126. The summed E-state index contributed by atoms with van der Waals surface area (Å²) in [4.78, 5) is 16.9. The number of hydrogen-bond donors (Lipinski definition) is 1. The van der Waals surface area contributed by atoms with Crippen molar-refractivity contribution in [3.8, 4) is 22.8 Å². The normalized spacial score (nSPS) is 9.93. The Hall–Kier alpha value is -2.79. The third-order valence-corrected chi connectivity index (χ3v) is 4.52. The molecule has 0 atom stereocenters. The fourth-order valence-electron chi connectivity index (χ4n) is 2.53. The maximum atomic E-state index is 11.4. The van der Waals surface area contributed by atoms with Crippen LogP contribution in [-0.4, -0.2) is 17.1 Å². The van der Waals surface area contributed by atoms with Gasteiger partial charge < -0.3 is 10.5 Å². The highest BCUT2D eigenvalue weighted by atomic mass is 32.2. The van der Waals surface area contributed by atoms with E-state index in [0.29, 0.717) is 11.3 Å². The van der Waals surface area contributed by atoms with Crippen molar-refractivity contribution in [2.45, 2.75) is 25.7 Å². The second kappa shape index (κ2) is 9.78. The molecule has 27 heavy (non-hydrogen) atoms. The molecule has 0 fully saturated rings. The molecule has 1 amide bonds. The van der Waals surface area contributed by atoms with E-state index in [1.165, 1.54) is 0 Å². The van der Waals surface area contributed by atoms with Crippen molar-refractivity contribution in [1.29, 1.82) is 0 Å². The van der Waals surface area contributed by atoms with Gasteiger partial charge in [-0.15, -0.1) is 11.8 Å². The van der Waals surface area contributed by atoms with E-state index in [1.807, 2.05) is 75.6 Å². The van der Waals surface area contributed by atoms with E-state index in [1.54, 1.807) is 24.0 Å². The molecule has 3 rings (SSSR count). The Morgan fingerprint density at radius 2 is 1.78 bits per heavy atom. The summed E-state index contributed by atoms with van der Waals surface area (Å²) in [5.74, 6) is 1.06. The van der Waals surface area contributed by atoms with Crippen LogP contribution in [0.1, 0.15) is 29.8 Å². The fourth-order valence-corrected chi connectivity index (χ4v) is 2.98. The van der Waals surface area contributed by atoms with Crippen LogP contribution in [0.25, 0.3) is 11.3 Å². The molecule has 0 aliphatic rings. The summed E-state index contributed by atoms with van der Waals surface area (Å²) in [6.07, 6.45) is 3.74. The number of thioether (sulfide) groups is 1. The van der Waals surface area contributed by atoms with Gasteiger partial charge in [0.15, 0.2) is 0 Å². The summed E-state index contributed by atoms with van der Waals surface area (Å²) in [7, 11) is 0. The molecule has 5 heteroatoms. The van der Waals surface area contributed by atoms with Crippen LogP contribution in [0.2, 0.25) is 0 Å². The average molecular weight is 381 g/mol. The van der Waals surface area contributed by atoms with Crippen molar-refractivity contribution in [2.24, 2.45) is 5.73 Å². The van der Waals surface area contributed by atoms with E-state index in [0.717, 1.165) is 27.5 Å². The molecule has 0 saturated carbocycles. The van der Waals surface area contributed by atoms with Gasteiger partial charge in [-0.3, -0.25) is 9.78 Å². The van der Waals surface area contributed by atoms with Crippen LogP contribution in [0.5, 0.6) is 11.5 Å². The molecule has 1 heterocycles. The lowest BCUT2D eigenvalue weighted by atomic mass is 10.0. The van der Waals surface area contributed by atoms with E-state index in [-0.39, 0.29) is 0 Å². The zero-order chi connectivity index (χ0) is 19.8. The number of primary amides is 1. The van der Waals surface area contributed by atoms with Crippen LogP contribution in [0.3, 0.4) is 0 Å². The van der Waals surface area contributed by atoms with E-state index in [4.69, 9.17) is 10.5 Å². The van der Waals surface area contributed by atoms with Gasteiger partial charge in [0.25, 0.3) is 0 Å². The predicted molar refractivity (Wildman–Crippen MR) is 113 cm³/mol. The van der Waals surface area contributed by atoms with Crippen LogP contribution in [0.15, 0.2) is 65.7 Å². The molecule has 3 aromatic rings. The minimum atomic E-state index is -0.428. The summed E-state index contributed by atoms with van der Waals surface area (Å²) in [6, 6.07) is 17.1. The molecular weight excluding hydrogens is 356 g/mol. The molecule has 0 bridgehead atoms. The van der Waals surface area contributed by atoms with E-state index >= 15 is 0 Å². The number of ether oxygens (including phenoxy) is 1. The number of carbonyl (C=O) groups excluding carboxylic acids is 1. The number of benzene rings is 2. The Morgan fingerprint density at radius 1 is 1.04 bits per heavy atom. The molecular formula is C22H24N2O2S. The maximum absolute atomic E-state index is 11.4. The van der Waals surface area contributed by atoms with Crippen molar-refractivity contribution < 1.29 is 9.53 Å². The van der Waals surface area contributed by atoms with Gasteiger partial charge in [0.05, 0.1) is 5.69 Å². The quantitative estimate of drug-likeness (QED) is 0.577. The van der Waals surface area contributed by atoms with Gasteiger partial charge in [0.2, 0.25) is 5.91 Å². The standard InChI is InChI=1S/C20H18N2O2S.C2H6/c1-13-10-14(6-7-18(13)20(21)23)19-12-16(8-9-22-19)24-15-4-3-5-17(11-15)25-2;1-2/h3-12H,1-2H3,(H2,21,23);1-2H3. The highest BCUT2D eigenvalue weighted by Crippen LogP contribution is 2.28. The topological polar surface area (TPSA) is 65.2 Å². The molecule has 4 nitrogen and oxygen atoms in total. The zero-order valence-corrected chi connectivity index (χ0v) is 16.8. The molecule has 140 valence electrons. The number of pyridine rings is 1. The predicted octanol–water partition coefficient (Wildman–Crippen LogP) is 5.70. The van der Waals surface area contributed by atoms with Crippen LogP contribution in [-0.2, 0) is 0 Å². The summed E-state index contributed by atoms with van der Waals surface area (Å²) in [5, 5.41) is 0. The van der Waals surface area contributed by atoms with Crippen molar-refractivity contribution in [3.05, 3.63) is 71.9 Å². The summed E-state index contributed by atoms with van der Waals surface area (Å²) < 4.78 is 5.95. The molecule has 0 aliphatic heterocycles. The van der Waals surface area contributed by atoms with E-state index in [9.17, 15) is 4.79 Å². The van der Waals surface area contributed by atoms with Crippen molar-refractivity contribution in [3.63, 3.8) is 0 Å². The lowest BCUT2D eigenvalue weighted by Gasteiger charge is -2.09. The molecule has 0 radical (unpaired) electrons. The Morgan fingerprint density at radius 3 is 2.44 bits per heavy atom. The minimum absolute atomic E-state index is 0.428. The maximum Gasteiger partial charge on any atom is 0.248 e. The second-order valence-corrected chi connectivity index (χ2v) is 6.43. The first-order valence-corrected chi connectivity index (χ1v) is 9.98. The fraction of sp³-hybridized carbons (Fsp3) is 0.182. The number of carbonyl (C=O) groups is 1. The van der Waals surface area contributed by atoms with Gasteiger partial charge in [-0.25, -0.2) is 0 Å². The Bertz CT molecular complexity index is 926. The second-order valence-electron chi connectivity index (χ2n) is 5.55. The molecule has 0 saturated heterocycles. The number of amides is 1. The lowest BCUT2D eigenvalue weighted by Crippen LogP contribution is -2.12. The highest BCUT2D eigenvalue weighted by molar-refractivity contribution is 7.98. The SMILES string of the molecule is CC.CSc1cccc(Oc2ccnc(-c3ccc(C(N)=O)c(C)c3)c2)c1. The molecule has 0 aliphatic carbocycles. The summed E-state index contributed by atoms with van der Waals surface area (Å²) in [6.45, 7) is 5.86. The first-order valence-electron chi connectivity index (χ1n) is 8.75. The van der Waals surface area contributed by atoms with Crippen LogP contribution < -0.4 is 10.5 Å². The van der Waals surface area contributed by atoms with Gasteiger partial charge in [0, 0.05) is 28.3 Å². The van der Waals surface area contributed by atoms with Gasteiger partial charge in [-0.2, -0.15) is 0 Å². The number of hydrogen-bond acceptors (Lipinski definition) is 4. The first-order chi connectivity index (χ1) is 13.1. The summed E-state index contributed by atoms with van der Waals surface area (Å²) >= 11 is 1.67. The third kappa shape index (κ3) is 5.34. The zero-order valence-electron chi connectivity index (χ0n) is 16.0. The molecule has 0 spiro atoms. The van der Waals surface area contributed by atoms with Crippen LogP contribution in [0, 0.1) is 6.92 Å². The highest BCUT2D eigenvalue weighted by Gasteiger charge is 2.08. The smallest absolute Gasteiger partial charge is 0.248 e. The number of aryl methyl sites for hydroxylation is 1. The number of rotatable bonds is 5. The van der Waals surface area contributed by atoms with E-state index in [2.05, 4.69) is 4.98 Å². The molecule has 2 aromatic carbocycles.